The highest BCUT2D eigenvalue weighted by Crippen LogP contribution is 2.24. The van der Waals surface area contributed by atoms with Gasteiger partial charge in [0.1, 0.15) is 6.10 Å². The van der Waals surface area contributed by atoms with Crippen molar-refractivity contribution in [3.05, 3.63) is 35.9 Å². The predicted octanol–water partition coefficient (Wildman–Crippen LogP) is 1.56. The summed E-state index contributed by atoms with van der Waals surface area (Å²) in [4.78, 5) is 14.4. The number of carbonyl (C=O) groups is 1. The molecule has 0 radical (unpaired) electrons. The second kappa shape index (κ2) is 7.90. The van der Waals surface area contributed by atoms with Crippen LogP contribution in [0.3, 0.4) is 0 Å². The van der Waals surface area contributed by atoms with Gasteiger partial charge in [0.15, 0.2) is 0 Å². The van der Waals surface area contributed by atoms with Crippen molar-refractivity contribution < 1.29 is 14.3 Å². The second-order valence-corrected chi connectivity index (χ2v) is 6.50. The number of carbonyl (C=O) groups excluding carboxylic acids is 1. The first kappa shape index (κ1) is 16.4. The maximum atomic E-state index is 12.5. The fraction of sp³-hybridized carbons (Fsp3) is 0.611. The molecule has 2 aliphatic heterocycles. The van der Waals surface area contributed by atoms with Crippen LogP contribution in [0, 0.1) is 5.92 Å². The second-order valence-electron chi connectivity index (χ2n) is 6.50. The fourth-order valence-corrected chi connectivity index (χ4v) is 3.35. The fourth-order valence-electron chi connectivity index (χ4n) is 3.35. The molecular weight excluding hydrogens is 292 g/mol. The molecule has 2 N–H and O–H groups in total. The number of hydrogen-bond acceptors (Lipinski definition) is 4. The molecule has 2 heterocycles. The molecule has 0 bridgehead atoms. The van der Waals surface area contributed by atoms with Crippen LogP contribution in [0.15, 0.2) is 30.3 Å². The Balaban J connectivity index is 1.39. The molecule has 23 heavy (non-hydrogen) atoms. The summed E-state index contributed by atoms with van der Waals surface area (Å²) in [6.45, 7) is 3.43. The molecule has 0 aliphatic carbocycles. The maximum absolute atomic E-state index is 12.5. The monoisotopic (exact) mass is 318 g/mol. The van der Waals surface area contributed by atoms with E-state index in [-0.39, 0.29) is 18.1 Å². The van der Waals surface area contributed by atoms with Crippen LogP contribution in [-0.2, 0) is 20.9 Å². The third kappa shape index (κ3) is 4.31. The summed E-state index contributed by atoms with van der Waals surface area (Å²) in [5.74, 6) is 0.556. The zero-order chi connectivity index (χ0) is 16.1. The number of benzene rings is 1. The number of ether oxygens (including phenoxy) is 2. The number of likely N-dealkylation sites (tertiary alicyclic amines) is 1. The van der Waals surface area contributed by atoms with E-state index < -0.39 is 0 Å². The highest BCUT2D eigenvalue weighted by atomic mass is 16.5. The summed E-state index contributed by atoms with van der Waals surface area (Å²) in [5, 5.41) is 0. The van der Waals surface area contributed by atoms with Gasteiger partial charge >= 0.3 is 0 Å². The SMILES string of the molecule is NC[C@H]1CC[C@@H](C(=O)N2CCC(COCc3ccccc3)C2)O1. The minimum Gasteiger partial charge on any atom is -0.376 e. The Kier molecular flexibility index (Phi) is 5.65. The van der Waals surface area contributed by atoms with Crippen molar-refractivity contribution in [2.45, 2.75) is 38.1 Å². The third-order valence-electron chi connectivity index (χ3n) is 4.71. The van der Waals surface area contributed by atoms with Gasteiger partial charge in [0, 0.05) is 25.6 Å². The average Bonchev–Trinajstić information content (AvgIpc) is 3.24. The maximum Gasteiger partial charge on any atom is 0.251 e. The normalized spacial score (nSPS) is 27.5. The highest BCUT2D eigenvalue weighted by molar-refractivity contribution is 5.81. The first-order chi connectivity index (χ1) is 11.3. The van der Waals surface area contributed by atoms with E-state index in [1.807, 2.05) is 23.1 Å². The lowest BCUT2D eigenvalue weighted by atomic mass is 10.1. The van der Waals surface area contributed by atoms with Crippen molar-refractivity contribution in [3.63, 3.8) is 0 Å². The van der Waals surface area contributed by atoms with Gasteiger partial charge in [-0.25, -0.2) is 0 Å². The number of hydrogen-bond donors (Lipinski definition) is 1. The number of amides is 1. The van der Waals surface area contributed by atoms with Crippen LogP contribution in [0.1, 0.15) is 24.8 Å². The minimum absolute atomic E-state index is 0.0524. The zero-order valence-corrected chi connectivity index (χ0v) is 13.5. The average molecular weight is 318 g/mol. The quantitative estimate of drug-likeness (QED) is 0.864. The third-order valence-corrected chi connectivity index (χ3v) is 4.71. The van der Waals surface area contributed by atoms with Crippen molar-refractivity contribution in [3.8, 4) is 0 Å². The van der Waals surface area contributed by atoms with Crippen molar-refractivity contribution in [2.75, 3.05) is 26.2 Å². The van der Waals surface area contributed by atoms with Gasteiger partial charge in [-0.1, -0.05) is 30.3 Å². The van der Waals surface area contributed by atoms with E-state index in [2.05, 4.69) is 12.1 Å². The molecule has 0 aromatic heterocycles. The summed E-state index contributed by atoms with van der Waals surface area (Å²) in [6, 6.07) is 10.2. The largest absolute Gasteiger partial charge is 0.376 e. The topological polar surface area (TPSA) is 64.8 Å². The lowest BCUT2D eigenvalue weighted by Gasteiger charge is -2.21. The van der Waals surface area contributed by atoms with Gasteiger partial charge in [0.25, 0.3) is 5.91 Å². The van der Waals surface area contributed by atoms with E-state index in [0.29, 0.717) is 25.7 Å². The number of nitrogens with two attached hydrogens (primary N) is 1. The summed E-state index contributed by atoms with van der Waals surface area (Å²) >= 11 is 0. The Morgan fingerprint density at radius 1 is 1.26 bits per heavy atom. The Bertz CT molecular complexity index is 508. The summed E-state index contributed by atoms with van der Waals surface area (Å²) in [7, 11) is 0. The molecule has 1 amide bonds. The van der Waals surface area contributed by atoms with Crippen LogP contribution in [0.25, 0.3) is 0 Å². The van der Waals surface area contributed by atoms with Crippen LogP contribution in [0.5, 0.6) is 0 Å². The zero-order valence-electron chi connectivity index (χ0n) is 13.5. The van der Waals surface area contributed by atoms with Gasteiger partial charge in [-0.2, -0.15) is 0 Å². The van der Waals surface area contributed by atoms with E-state index in [0.717, 1.165) is 32.4 Å². The van der Waals surface area contributed by atoms with E-state index in [1.54, 1.807) is 0 Å². The van der Waals surface area contributed by atoms with E-state index in [9.17, 15) is 4.79 Å². The lowest BCUT2D eigenvalue weighted by Crippen LogP contribution is -2.38. The van der Waals surface area contributed by atoms with Gasteiger partial charge in [-0.05, 0) is 24.8 Å². The molecule has 126 valence electrons. The summed E-state index contributed by atoms with van der Waals surface area (Å²) < 4.78 is 11.5. The highest BCUT2D eigenvalue weighted by Gasteiger charge is 2.35. The Morgan fingerprint density at radius 2 is 2.09 bits per heavy atom. The molecule has 0 spiro atoms. The molecule has 0 saturated carbocycles. The van der Waals surface area contributed by atoms with Gasteiger partial charge < -0.3 is 20.1 Å². The number of nitrogens with zero attached hydrogens (tertiary/aromatic N) is 1. The van der Waals surface area contributed by atoms with E-state index in [1.165, 1.54) is 5.56 Å². The van der Waals surface area contributed by atoms with Crippen LogP contribution >= 0.6 is 0 Å². The first-order valence-electron chi connectivity index (χ1n) is 8.52. The molecule has 5 nitrogen and oxygen atoms in total. The Morgan fingerprint density at radius 3 is 2.83 bits per heavy atom. The predicted molar refractivity (Wildman–Crippen MR) is 87.7 cm³/mol. The molecule has 5 heteroatoms. The van der Waals surface area contributed by atoms with Crippen LogP contribution < -0.4 is 5.73 Å². The van der Waals surface area contributed by atoms with E-state index in [4.69, 9.17) is 15.2 Å². The minimum atomic E-state index is -0.285. The molecule has 3 rings (SSSR count). The van der Waals surface area contributed by atoms with Gasteiger partial charge in [0.05, 0.1) is 19.3 Å². The molecule has 2 fully saturated rings. The summed E-state index contributed by atoms with van der Waals surface area (Å²) in [5.41, 5.74) is 6.79. The molecule has 2 aliphatic rings. The molecule has 1 aromatic carbocycles. The van der Waals surface area contributed by atoms with Crippen LogP contribution in [0.4, 0.5) is 0 Å². The van der Waals surface area contributed by atoms with Gasteiger partial charge in [0.2, 0.25) is 0 Å². The van der Waals surface area contributed by atoms with Crippen LogP contribution in [0.2, 0.25) is 0 Å². The molecular formula is C18H26N2O3. The van der Waals surface area contributed by atoms with E-state index >= 15 is 0 Å². The van der Waals surface area contributed by atoms with Crippen molar-refractivity contribution in [1.82, 2.24) is 4.90 Å². The standard InChI is InChI=1S/C18H26N2O3/c19-10-16-6-7-17(23-16)18(21)20-9-8-15(11-20)13-22-12-14-4-2-1-3-5-14/h1-5,15-17H,6-13,19H2/t15?,16-,17+/m1/s1. The lowest BCUT2D eigenvalue weighted by molar-refractivity contribution is -0.141. The van der Waals surface area contributed by atoms with Crippen molar-refractivity contribution in [2.24, 2.45) is 11.7 Å². The Hall–Kier alpha value is -1.43. The Labute approximate surface area is 137 Å². The van der Waals surface area contributed by atoms with Crippen molar-refractivity contribution in [1.29, 1.82) is 0 Å². The molecule has 1 unspecified atom stereocenters. The van der Waals surface area contributed by atoms with Crippen LogP contribution in [-0.4, -0.2) is 49.3 Å². The molecule has 3 atom stereocenters. The molecule has 2 saturated heterocycles. The van der Waals surface area contributed by atoms with Gasteiger partial charge in [-0.3, -0.25) is 4.79 Å². The number of rotatable bonds is 6. The molecule has 1 aromatic rings. The van der Waals surface area contributed by atoms with Gasteiger partial charge in [-0.15, -0.1) is 0 Å². The van der Waals surface area contributed by atoms with Crippen molar-refractivity contribution >= 4 is 5.91 Å². The summed E-state index contributed by atoms with van der Waals surface area (Å²) in [6.07, 6.45) is 2.47. The smallest absolute Gasteiger partial charge is 0.251 e. The first-order valence-corrected chi connectivity index (χ1v) is 8.52.